The fourth-order valence-electron chi connectivity index (χ4n) is 3.26. The van der Waals surface area contributed by atoms with Gasteiger partial charge in [-0.05, 0) is 12.5 Å². The highest BCUT2D eigenvalue weighted by Gasteiger charge is 2.27. The third-order valence-corrected chi connectivity index (χ3v) is 4.52. The van der Waals surface area contributed by atoms with E-state index in [1.807, 2.05) is 22.9 Å². The first-order valence-corrected chi connectivity index (χ1v) is 8.69. The number of ether oxygens (including phenoxy) is 2. The zero-order valence-electron chi connectivity index (χ0n) is 14.6. The van der Waals surface area contributed by atoms with Gasteiger partial charge in [-0.3, -0.25) is 9.58 Å². The Morgan fingerprint density at radius 1 is 1.25 bits per heavy atom. The summed E-state index contributed by atoms with van der Waals surface area (Å²) in [7, 11) is 1.77. The second-order valence-corrected chi connectivity index (χ2v) is 6.31. The zero-order chi connectivity index (χ0) is 16.8. The Bertz CT molecular complexity index is 627. The molecule has 0 unspecified atom stereocenters. The first-order chi connectivity index (χ1) is 11.8. The van der Waals surface area contributed by atoms with Gasteiger partial charge in [0, 0.05) is 51.0 Å². The molecule has 1 aromatic carbocycles. The van der Waals surface area contributed by atoms with Crippen molar-refractivity contribution >= 4 is 0 Å². The van der Waals surface area contributed by atoms with Gasteiger partial charge in [-0.1, -0.05) is 30.3 Å². The van der Waals surface area contributed by atoms with E-state index in [1.54, 1.807) is 7.11 Å². The molecule has 0 bridgehead atoms. The van der Waals surface area contributed by atoms with Gasteiger partial charge in [-0.2, -0.15) is 5.10 Å². The van der Waals surface area contributed by atoms with Crippen molar-refractivity contribution in [3.8, 4) is 0 Å². The Morgan fingerprint density at radius 3 is 2.83 bits per heavy atom. The predicted octanol–water partition coefficient (Wildman–Crippen LogP) is 2.67. The summed E-state index contributed by atoms with van der Waals surface area (Å²) in [6.45, 7) is 8.01. The maximum atomic E-state index is 5.83. The molecule has 5 nitrogen and oxygen atoms in total. The number of benzene rings is 1. The number of hydrogen-bond acceptors (Lipinski definition) is 4. The van der Waals surface area contributed by atoms with Crippen LogP contribution in [0.25, 0.3) is 0 Å². The Labute approximate surface area is 144 Å². The van der Waals surface area contributed by atoms with Crippen LogP contribution >= 0.6 is 0 Å². The van der Waals surface area contributed by atoms with Crippen molar-refractivity contribution in [2.75, 3.05) is 33.4 Å². The minimum Gasteiger partial charge on any atom is -0.384 e. The number of methoxy groups -OCH3 is 1. The van der Waals surface area contributed by atoms with E-state index in [1.165, 1.54) is 16.8 Å². The quantitative estimate of drug-likeness (QED) is 0.698. The minimum absolute atomic E-state index is 0.396. The van der Waals surface area contributed by atoms with E-state index in [0.29, 0.717) is 12.5 Å². The van der Waals surface area contributed by atoms with Crippen LogP contribution in [0.15, 0.2) is 36.5 Å². The Kier molecular flexibility index (Phi) is 6.01. The van der Waals surface area contributed by atoms with Gasteiger partial charge in [0.05, 0.1) is 25.5 Å². The fourth-order valence-corrected chi connectivity index (χ4v) is 3.26. The molecule has 5 heteroatoms. The highest BCUT2D eigenvalue weighted by molar-refractivity contribution is 5.25. The summed E-state index contributed by atoms with van der Waals surface area (Å²) in [5, 5.41) is 4.71. The summed E-state index contributed by atoms with van der Waals surface area (Å²) >= 11 is 0. The van der Waals surface area contributed by atoms with E-state index in [0.717, 1.165) is 39.4 Å². The Hall–Kier alpha value is -1.69. The molecular formula is C19H27N3O2. The second kappa shape index (κ2) is 8.42. The normalized spacial score (nSPS) is 17.8. The standard InChI is InChI=1S/C19H27N3O2/c1-3-22-12-18-17(15-23-2)11-21(13-19(18)20-22)9-10-24-14-16-7-5-4-6-8-16/h4-8,12,17H,3,9-11,13-15H2,1-2H3/t17-/m1/s1. The molecule has 2 heterocycles. The molecule has 0 N–H and O–H groups in total. The third kappa shape index (κ3) is 4.23. The highest BCUT2D eigenvalue weighted by Crippen LogP contribution is 2.27. The molecule has 0 amide bonds. The second-order valence-electron chi connectivity index (χ2n) is 6.31. The molecule has 0 aliphatic carbocycles. The van der Waals surface area contributed by atoms with Gasteiger partial charge in [0.2, 0.25) is 0 Å². The summed E-state index contributed by atoms with van der Waals surface area (Å²) in [4.78, 5) is 2.42. The summed E-state index contributed by atoms with van der Waals surface area (Å²) in [5.41, 5.74) is 3.76. The molecule has 2 aromatic rings. The van der Waals surface area contributed by atoms with Crippen molar-refractivity contribution in [3.63, 3.8) is 0 Å². The van der Waals surface area contributed by atoms with Crippen LogP contribution in [0.1, 0.15) is 29.7 Å². The van der Waals surface area contributed by atoms with Crippen molar-refractivity contribution in [2.24, 2.45) is 0 Å². The summed E-state index contributed by atoms with van der Waals surface area (Å²) in [6, 6.07) is 10.3. The van der Waals surface area contributed by atoms with Gasteiger partial charge in [0.25, 0.3) is 0 Å². The number of fused-ring (bicyclic) bond motifs is 1. The SMILES string of the molecule is CCn1cc2c(n1)CN(CCOCc1ccccc1)C[C@@H]2COC. The van der Waals surface area contributed by atoms with Crippen LogP contribution in [0.4, 0.5) is 0 Å². The van der Waals surface area contributed by atoms with Crippen molar-refractivity contribution in [3.05, 3.63) is 53.3 Å². The minimum atomic E-state index is 0.396. The number of nitrogens with zero attached hydrogens (tertiary/aromatic N) is 3. The van der Waals surface area contributed by atoms with E-state index < -0.39 is 0 Å². The lowest BCUT2D eigenvalue weighted by Crippen LogP contribution is -2.37. The van der Waals surface area contributed by atoms with Crippen LogP contribution in [0.3, 0.4) is 0 Å². The van der Waals surface area contributed by atoms with Crippen LogP contribution in [-0.2, 0) is 29.2 Å². The van der Waals surface area contributed by atoms with Gasteiger partial charge < -0.3 is 9.47 Å². The van der Waals surface area contributed by atoms with Crippen LogP contribution in [0.2, 0.25) is 0 Å². The van der Waals surface area contributed by atoms with E-state index in [-0.39, 0.29) is 0 Å². The maximum absolute atomic E-state index is 5.83. The lowest BCUT2D eigenvalue weighted by atomic mass is 9.96. The Morgan fingerprint density at radius 2 is 2.08 bits per heavy atom. The van der Waals surface area contributed by atoms with Gasteiger partial charge in [0.15, 0.2) is 0 Å². The molecule has 1 atom stereocenters. The lowest BCUT2D eigenvalue weighted by molar-refractivity contribution is 0.0764. The molecule has 0 fully saturated rings. The Balaban J connectivity index is 1.53. The molecule has 0 saturated heterocycles. The third-order valence-electron chi connectivity index (χ3n) is 4.52. The number of aryl methyl sites for hydroxylation is 1. The molecule has 1 aromatic heterocycles. The molecule has 1 aliphatic rings. The van der Waals surface area contributed by atoms with Gasteiger partial charge in [-0.25, -0.2) is 0 Å². The number of aromatic nitrogens is 2. The van der Waals surface area contributed by atoms with Crippen LogP contribution < -0.4 is 0 Å². The summed E-state index contributed by atoms with van der Waals surface area (Å²) < 4.78 is 13.3. The van der Waals surface area contributed by atoms with Crippen LogP contribution in [-0.4, -0.2) is 48.1 Å². The van der Waals surface area contributed by atoms with Gasteiger partial charge in [-0.15, -0.1) is 0 Å². The molecular weight excluding hydrogens is 302 g/mol. The van der Waals surface area contributed by atoms with Crippen LogP contribution in [0.5, 0.6) is 0 Å². The van der Waals surface area contributed by atoms with Crippen molar-refractivity contribution in [1.82, 2.24) is 14.7 Å². The highest BCUT2D eigenvalue weighted by atomic mass is 16.5. The first-order valence-electron chi connectivity index (χ1n) is 8.69. The van der Waals surface area contributed by atoms with Crippen molar-refractivity contribution in [1.29, 1.82) is 0 Å². The van der Waals surface area contributed by atoms with Crippen LogP contribution in [0, 0.1) is 0 Å². The molecule has 130 valence electrons. The number of rotatable bonds is 8. The maximum Gasteiger partial charge on any atom is 0.0800 e. The van der Waals surface area contributed by atoms with Crippen molar-refractivity contribution in [2.45, 2.75) is 32.5 Å². The average molecular weight is 329 g/mol. The summed E-state index contributed by atoms with van der Waals surface area (Å²) in [5.74, 6) is 0.396. The average Bonchev–Trinajstić information content (AvgIpc) is 3.03. The van der Waals surface area contributed by atoms with Crippen molar-refractivity contribution < 1.29 is 9.47 Å². The number of hydrogen-bond donors (Lipinski definition) is 0. The van der Waals surface area contributed by atoms with Gasteiger partial charge in [0.1, 0.15) is 0 Å². The monoisotopic (exact) mass is 329 g/mol. The fraction of sp³-hybridized carbons (Fsp3) is 0.526. The topological polar surface area (TPSA) is 39.5 Å². The summed E-state index contributed by atoms with van der Waals surface area (Å²) in [6.07, 6.45) is 2.18. The predicted molar refractivity (Wildman–Crippen MR) is 93.9 cm³/mol. The first kappa shape index (κ1) is 17.1. The molecule has 0 spiro atoms. The van der Waals surface area contributed by atoms with E-state index in [9.17, 15) is 0 Å². The van der Waals surface area contributed by atoms with E-state index in [4.69, 9.17) is 14.6 Å². The van der Waals surface area contributed by atoms with E-state index in [2.05, 4.69) is 30.2 Å². The smallest absolute Gasteiger partial charge is 0.0800 e. The van der Waals surface area contributed by atoms with E-state index >= 15 is 0 Å². The molecule has 24 heavy (non-hydrogen) atoms. The van der Waals surface area contributed by atoms with Gasteiger partial charge >= 0.3 is 0 Å². The lowest BCUT2D eigenvalue weighted by Gasteiger charge is -2.31. The molecule has 0 saturated carbocycles. The molecule has 0 radical (unpaired) electrons. The largest absolute Gasteiger partial charge is 0.384 e. The zero-order valence-corrected chi connectivity index (χ0v) is 14.6. The molecule has 1 aliphatic heterocycles. The molecule has 3 rings (SSSR count).